The van der Waals surface area contributed by atoms with Crippen molar-refractivity contribution < 1.29 is 0 Å². The summed E-state index contributed by atoms with van der Waals surface area (Å²) in [6.45, 7) is 9.75. The highest BCUT2D eigenvalue weighted by Crippen LogP contribution is 2.24. The molecular weight excluding hydrogens is 316 g/mol. The van der Waals surface area contributed by atoms with Crippen LogP contribution in [0.25, 0.3) is 5.52 Å². The molecule has 0 N–H and O–H groups in total. The molecule has 0 bridgehead atoms. The number of anilines is 1. The summed E-state index contributed by atoms with van der Waals surface area (Å²) >= 11 is 3.51. The van der Waals surface area contributed by atoms with Crippen molar-refractivity contribution in [1.82, 2.24) is 14.6 Å². The second-order valence-electron chi connectivity index (χ2n) is 5.63. The van der Waals surface area contributed by atoms with E-state index >= 15 is 0 Å². The molecule has 0 aliphatic heterocycles. The topological polar surface area (TPSA) is 33.4 Å². The van der Waals surface area contributed by atoms with Gasteiger partial charge in [-0.1, -0.05) is 29.8 Å². The van der Waals surface area contributed by atoms with Crippen molar-refractivity contribution >= 4 is 27.3 Å². The number of halogens is 1. The van der Waals surface area contributed by atoms with Gasteiger partial charge >= 0.3 is 0 Å². The number of nitrogens with zero attached hydrogens (tertiary/aromatic N) is 4. The zero-order valence-corrected chi connectivity index (χ0v) is 14.3. The fourth-order valence-electron chi connectivity index (χ4n) is 2.27. The molecule has 5 heteroatoms. The van der Waals surface area contributed by atoms with Crippen LogP contribution in [0.15, 0.2) is 18.5 Å². The molecule has 0 saturated heterocycles. The first-order valence-electron chi connectivity index (χ1n) is 7.21. The van der Waals surface area contributed by atoms with Crippen LogP contribution in [-0.4, -0.2) is 32.5 Å². The minimum atomic E-state index is 0.421. The Kier molecular flexibility index (Phi) is 5.02. The van der Waals surface area contributed by atoms with Gasteiger partial charge in [0, 0.05) is 30.3 Å². The van der Waals surface area contributed by atoms with E-state index in [-0.39, 0.29) is 0 Å². The third-order valence-corrected chi connectivity index (χ3v) is 3.97. The lowest BCUT2D eigenvalue weighted by atomic mass is 10.1. The molecule has 0 atom stereocenters. The van der Waals surface area contributed by atoms with Crippen molar-refractivity contribution in [3.8, 4) is 0 Å². The van der Waals surface area contributed by atoms with Gasteiger partial charge in [-0.2, -0.15) is 5.10 Å². The van der Waals surface area contributed by atoms with Gasteiger partial charge in [-0.3, -0.25) is 0 Å². The van der Waals surface area contributed by atoms with Crippen LogP contribution in [-0.2, 0) is 0 Å². The summed E-state index contributed by atoms with van der Waals surface area (Å²) in [6.07, 6.45) is 4.86. The summed E-state index contributed by atoms with van der Waals surface area (Å²) < 4.78 is 1.95. The van der Waals surface area contributed by atoms with E-state index in [0.717, 1.165) is 35.3 Å². The highest BCUT2D eigenvalue weighted by Gasteiger charge is 2.17. The Balaban J connectivity index is 2.45. The molecule has 0 fully saturated rings. The Labute approximate surface area is 129 Å². The Bertz CT molecular complexity index is 562. The summed E-state index contributed by atoms with van der Waals surface area (Å²) in [5, 5.41) is 5.65. The number of rotatable bonds is 6. The van der Waals surface area contributed by atoms with E-state index in [4.69, 9.17) is 0 Å². The second kappa shape index (κ2) is 6.57. The Morgan fingerprint density at radius 1 is 1.30 bits per heavy atom. The molecule has 2 rings (SSSR count). The first-order chi connectivity index (χ1) is 9.54. The summed E-state index contributed by atoms with van der Waals surface area (Å²) in [7, 11) is 0. The van der Waals surface area contributed by atoms with Crippen LogP contribution in [0.4, 0.5) is 5.82 Å². The number of aromatic nitrogens is 3. The van der Waals surface area contributed by atoms with Crippen molar-refractivity contribution in [3.63, 3.8) is 0 Å². The van der Waals surface area contributed by atoms with Crippen molar-refractivity contribution in [3.05, 3.63) is 24.2 Å². The Morgan fingerprint density at radius 3 is 2.65 bits per heavy atom. The highest BCUT2D eigenvalue weighted by atomic mass is 79.9. The molecule has 0 aromatic carbocycles. The van der Waals surface area contributed by atoms with Gasteiger partial charge in [0.15, 0.2) is 5.82 Å². The van der Waals surface area contributed by atoms with E-state index in [2.05, 4.69) is 64.7 Å². The molecule has 20 heavy (non-hydrogen) atoms. The quantitative estimate of drug-likeness (QED) is 0.750. The van der Waals surface area contributed by atoms with Gasteiger partial charge < -0.3 is 4.90 Å². The van der Waals surface area contributed by atoms with E-state index in [1.165, 1.54) is 0 Å². The van der Waals surface area contributed by atoms with Crippen LogP contribution in [0.3, 0.4) is 0 Å². The lowest BCUT2D eigenvalue weighted by Crippen LogP contribution is -2.33. The average molecular weight is 339 g/mol. The van der Waals surface area contributed by atoms with Gasteiger partial charge in [-0.05, 0) is 32.3 Å². The van der Waals surface area contributed by atoms with Gasteiger partial charge in [0.05, 0.1) is 5.69 Å². The van der Waals surface area contributed by atoms with Crippen LogP contribution >= 0.6 is 15.9 Å². The van der Waals surface area contributed by atoms with Gasteiger partial charge in [0.1, 0.15) is 5.52 Å². The minimum absolute atomic E-state index is 0.421. The third kappa shape index (κ3) is 3.14. The maximum absolute atomic E-state index is 4.64. The normalized spacial score (nSPS) is 11.8. The predicted molar refractivity (Wildman–Crippen MR) is 88.0 cm³/mol. The maximum Gasteiger partial charge on any atom is 0.154 e. The molecule has 0 radical (unpaired) electrons. The molecule has 0 aliphatic carbocycles. The first kappa shape index (κ1) is 15.3. The van der Waals surface area contributed by atoms with Gasteiger partial charge in [-0.15, -0.1) is 0 Å². The lowest BCUT2D eigenvalue weighted by Gasteiger charge is -2.28. The molecule has 0 saturated carbocycles. The van der Waals surface area contributed by atoms with Crippen LogP contribution in [0, 0.1) is 0 Å². The van der Waals surface area contributed by atoms with E-state index in [1.54, 1.807) is 0 Å². The standard InChI is InChI=1S/C15H23BrN4/c1-11(2)13-10-14-15(17-7-9-20(14)18-13)19(12(3)4)8-5-6-16/h7,9-12H,5-6,8H2,1-4H3. The van der Waals surface area contributed by atoms with E-state index in [9.17, 15) is 0 Å². The number of alkyl halides is 1. The van der Waals surface area contributed by atoms with Gasteiger partial charge in [0.2, 0.25) is 0 Å². The molecule has 0 aliphatic rings. The predicted octanol–water partition coefficient (Wildman–Crippen LogP) is 3.85. The molecule has 0 amide bonds. The molecule has 0 unspecified atom stereocenters. The maximum atomic E-state index is 4.64. The third-order valence-electron chi connectivity index (χ3n) is 3.41. The number of hydrogen-bond acceptors (Lipinski definition) is 3. The van der Waals surface area contributed by atoms with E-state index in [1.807, 2.05) is 16.9 Å². The van der Waals surface area contributed by atoms with Crippen LogP contribution < -0.4 is 4.90 Å². The first-order valence-corrected chi connectivity index (χ1v) is 8.33. The summed E-state index contributed by atoms with van der Waals surface area (Å²) in [5.74, 6) is 1.46. The molecular formula is C15H23BrN4. The minimum Gasteiger partial charge on any atom is -0.352 e. The smallest absolute Gasteiger partial charge is 0.154 e. The van der Waals surface area contributed by atoms with Crippen LogP contribution in [0.1, 0.15) is 45.7 Å². The zero-order chi connectivity index (χ0) is 14.7. The molecule has 2 aromatic rings. The fraction of sp³-hybridized carbons (Fsp3) is 0.600. The number of fused-ring (bicyclic) bond motifs is 1. The Hall–Kier alpha value is -1.10. The van der Waals surface area contributed by atoms with Crippen LogP contribution in [0.2, 0.25) is 0 Å². The summed E-state index contributed by atoms with van der Waals surface area (Å²) in [5.41, 5.74) is 2.21. The largest absolute Gasteiger partial charge is 0.352 e. The SMILES string of the molecule is CC(C)c1cc2c(N(CCCBr)C(C)C)nccn2n1. The van der Waals surface area contributed by atoms with Gasteiger partial charge in [0.25, 0.3) is 0 Å². The summed E-state index contributed by atoms with van der Waals surface area (Å²) in [4.78, 5) is 6.95. The zero-order valence-electron chi connectivity index (χ0n) is 12.7. The highest BCUT2D eigenvalue weighted by molar-refractivity contribution is 9.09. The van der Waals surface area contributed by atoms with Crippen molar-refractivity contribution in [2.45, 2.75) is 46.1 Å². The molecule has 2 aromatic heterocycles. The van der Waals surface area contributed by atoms with Gasteiger partial charge in [-0.25, -0.2) is 9.50 Å². The summed E-state index contributed by atoms with van der Waals surface area (Å²) in [6, 6.07) is 2.58. The molecule has 4 nitrogen and oxygen atoms in total. The van der Waals surface area contributed by atoms with Crippen molar-refractivity contribution in [1.29, 1.82) is 0 Å². The lowest BCUT2D eigenvalue weighted by molar-refractivity contribution is 0.665. The molecule has 0 spiro atoms. The van der Waals surface area contributed by atoms with E-state index < -0.39 is 0 Å². The Morgan fingerprint density at radius 2 is 2.05 bits per heavy atom. The fourth-order valence-corrected chi connectivity index (χ4v) is 2.52. The van der Waals surface area contributed by atoms with E-state index in [0.29, 0.717) is 12.0 Å². The monoisotopic (exact) mass is 338 g/mol. The van der Waals surface area contributed by atoms with Crippen molar-refractivity contribution in [2.75, 3.05) is 16.8 Å². The number of hydrogen-bond donors (Lipinski definition) is 0. The second-order valence-corrected chi connectivity index (χ2v) is 6.43. The van der Waals surface area contributed by atoms with Crippen molar-refractivity contribution in [2.24, 2.45) is 0 Å². The van der Waals surface area contributed by atoms with Crippen LogP contribution in [0.5, 0.6) is 0 Å². The molecule has 110 valence electrons. The average Bonchev–Trinajstić information content (AvgIpc) is 2.83. The molecule has 2 heterocycles.